The quantitative estimate of drug-likeness (QED) is 0.580. The zero-order valence-electron chi connectivity index (χ0n) is 13.5. The molecule has 0 aliphatic rings. The Morgan fingerprint density at radius 1 is 1.17 bits per heavy atom. The van der Waals surface area contributed by atoms with Gasteiger partial charge in [-0.3, -0.25) is 15.0 Å². The third-order valence-corrected chi connectivity index (χ3v) is 3.68. The van der Waals surface area contributed by atoms with Crippen LogP contribution in [0.3, 0.4) is 0 Å². The first-order chi connectivity index (χ1) is 11.8. The molecule has 0 aliphatic carbocycles. The van der Waals surface area contributed by atoms with Gasteiger partial charge in [-0.05, 0) is 6.42 Å². The minimum absolute atomic E-state index is 0.0308. The lowest BCUT2D eigenvalue weighted by molar-refractivity contribution is -0.116. The van der Waals surface area contributed by atoms with Gasteiger partial charge in [-0.2, -0.15) is 10.2 Å². The van der Waals surface area contributed by atoms with Crippen LogP contribution in [0.15, 0.2) is 36.5 Å². The molecule has 2 heterocycles. The van der Waals surface area contributed by atoms with E-state index in [-0.39, 0.29) is 5.91 Å². The number of anilines is 1. The number of aromatic amines is 2. The van der Waals surface area contributed by atoms with Gasteiger partial charge in [0.05, 0.1) is 11.8 Å². The molecule has 0 unspecified atom stereocenters. The van der Waals surface area contributed by atoms with Crippen LogP contribution < -0.4 is 5.32 Å². The van der Waals surface area contributed by atoms with E-state index in [9.17, 15) is 4.79 Å². The van der Waals surface area contributed by atoms with Crippen LogP contribution in [0.1, 0.15) is 32.6 Å². The van der Waals surface area contributed by atoms with Crippen LogP contribution in [0.5, 0.6) is 0 Å². The maximum absolute atomic E-state index is 12.0. The van der Waals surface area contributed by atoms with Crippen LogP contribution in [0.2, 0.25) is 0 Å². The largest absolute Gasteiger partial charge is 0.310 e. The fraction of sp³-hybridized carbons (Fsp3) is 0.294. The summed E-state index contributed by atoms with van der Waals surface area (Å²) in [4.78, 5) is 16.5. The van der Waals surface area contributed by atoms with Crippen molar-refractivity contribution in [2.24, 2.45) is 0 Å². The highest BCUT2D eigenvalue weighted by atomic mass is 16.1. The number of nitrogens with zero attached hydrogens (tertiary/aromatic N) is 3. The fourth-order valence-corrected chi connectivity index (χ4v) is 2.40. The molecule has 2 aromatic heterocycles. The number of hydrogen-bond acceptors (Lipinski definition) is 4. The van der Waals surface area contributed by atoms with E-state index in [4.69, 9.17) is 0 Å². The average molecular weight is 324 g/mol. The number of benzene rings is 1. The average Bonchev–Trinajstić information content (AvgIpc) is 3.25. The molecule has 124 valence electrons. The molecular weight excluding hydrogens is 304 g/mol. The number of nitrogens with one attached hydrogen (secondary N) is 3. The van der Waals surface area contributed by atoms with Gasteiger partial charge >= 0.3 is 0 Å². The number of H-pyrrole nitrogens is 2. The molecule has 3 aromatic rings. The van der Waals surface area contributed by atoms with Gasteiger partial charge in [0, 0.05) is 12.0 Å². The van der Waals surface area contributed by atoms with Crippen LogP contribution in [-0.2, 0) is 4.79 Å². The molecule has 0 fully saturated rings. The van der Waals surface area contributed by atoms with E-state index in [0.717, 1.165) is 24.8 Å². The van der Waals surface area contributed by atoms with Gasteiger partial charge in [-0.25, -0.2) is 4.98 Å². The highest BCUT2D eigenvalue weighted by Gasteiger charge is 2.15. The summed E-state index contributed by atoms with van der Waals surface area (Å²) in [6, 6.07) is 9.70. The normalized spacial score (nSPS) is 10.7. The van der Waals surface area contributed by atoms with Gasteiger partial charge in [0.15, 0.2) is 11.6 Å². The van der Waals surface area contributed by atoms with Crippen LogP contribution in [0.4, 0.5) is 5.82 Å². The second-order valence-corrected chi connectivity index (χ2v) is 5.54. The zero-order chi connectivity index (χ0) is 16.8. The Balaban J connectivity index is 1.74. The van der Waals surface area contributed by atoms with Crippen molar-refractivity contribution in [3.63, 3.8) is 0 Å². The lowest BCUT2D eigenvalue weighted by Gasteiger charge is -2.03. The van der Waals surface area contributed by atoms with E-state index >= 15 is 0 Å². The fourth-order valence-electron chi connectivity index (χ4n) is 2.40. The van der Waals surface area contributed by atoms with E-state index < -0.39 is 0 Å². The minimum atomic E-state index is -0.0308. The molecule has 0 bridgehead atoms. The van der Waals surface area contributed by atoms with E-state index in [0.29, 0.717) is 29.5 Å². The summed E-state index contributed by atoms with van der Waals surface area (Å²) in [5.74, 6) is 1.67. The molecule has 3 N–H and O–H groups in total. The molecular formula is C17H20N6O. The maximum atomic E-state index is 12.0. The molecule has 0 aliphatic heterocycles. The van der Waals surface area contributed by atoms with Crippen molar-refractivity contribution >= 4 is 11.7 Å². The standard InChI is InChI=1S/C17H20N6O/c1-2-3-5-10-14(24)19-16-13(11-18-21-16)17-20-15(22-23-17)12-8-6-4-7-9-12/h4,6-9,11H,2-3,5,10H2,1H3,(H,20,22,23)(H2,18,19,21,24). The molecule has 0 atom stereocenters. The van der Waals surface area contributed by atoms with Gasteiger partial charge in [-0.1, -0.05) is 50.1 Å². The summed E-state index contributed by atoms with van der Waals surface area (Å²) < 4.78 is 0. The molecule has 7 heteroatoms. The van der Waals surface area contributed by atoms with E-state index in [1.807, 2.05) is 30.3 Å². The lowest BCUT2D eigenvalue weighted by Crippen LogP contribution is -2.12. The molecule has 1 aromatic carbocycles. The Kier molecular flexibility index (Phi) is 5.00. The van der Waals surface area contributed by atoms with E-state index in [1.165, 1.54) is 0 Å². The highest BCUT2D eigenvalue weighted by Crippen LogP contribution is 2.24. The second-order valence-electron chi connectivity index (χ2n) is 5.54. The number of unbranched alkanes of at least 4 members (excludes halogenated alkanes) is 2. The molecule has 0 saturated carbocycles. The molecule has 3 rings (SSSR count). The predicted molar refractivity (Wildman–Crippen MR) is 92.2 cm³/mol. The molecule has 7 nitrogen and oxygen atoms in total. The van der Waals surface area contributed by atoms with Crippen LogP contribution in [0, 0.1) is 0 Å². The molecule has 0 saturated heterocycles. The van der Waals surface area contributed by atoms with Crippen molar-refractivity contribution in [2.75, 3.05) is 5.32 Å². The molecule has 0 radical (unpaired) electrons. The van der Waals surface area contributed by atoms with Crippen molar-refractivity contribution < 1.29 is 4.79 Å². The summed E-state index contributed by atoms with van der Waals surface area (Å²) in [6.45, 7) is 2.11. The Bertz CT molecular complexity index is 792. The van der Waals surface area contributed by atoms with Crippen molar-refractivity contribution in [1.82, 2.24) is 25.4 Å². The Hall–Kier alpha value is -2.96. The number of aromatic nitrogens is 5. The molecule has 1 amide bonds. The topological polar surface area (TPSA) is 99.3 Å². The smallest absolute Gasteiger partial charge is 0.225 e. The number of amides is 1. The SMILES string of the molecule is CCCCCC(=O)Nc1[nH]ncc1-c1nc(-c2ccccc2)n[nH]1. The van der Waals surface area contributed by atoms with Crippen LogP contribution in [0.25, 0.3) is 22.8 Å². The Morgan fingerprint density at radius 2 is 2.00 bits per heavy atom. The number of rotatable bonds is 7. The van der Waals surface area contributed by atoms with Gasteiger partial charge < -0.3 is 5.32 Å². The third kappa shape index (κ3) is 3.68. The Labute approximate surface area is 139 Å². The molecule has 24 heavy (non-hydrogen) atoms. The number of hydrogen-bond donors (Lipinski definition) is 3. The summed E-state index contributed by atoms with van der Waals surface area (Å²) in [7, 11) is 0. The van der Waals surface area contributed by atoms with E-state index in [2.05, 4.69) is 37.6 Å². The van der Waals surface area contributed by atoms with Crippen LogP contribution in [-0.4, -0.2) is 31.3 Å². The van der Waals surface area contributed by atoms with Gasteiger partial charge in [0.2, 0.25) is 5.91 Å². The zero-order valence-corrected chi connectivity index (χ0v) is 13.5. The summed E-state index contributed by atoms with van der Waals surface area (Å²) in [5.41, 5.74) is 1.61. The summed E-state index contributed by atoms with van der Waals surface area (Å²) in [6.07, 6.45) is 5.13. The lowest BCUT2D eigenvalue weighted by atomic mass is 10.2. The van der Waals surface area contributed by atoms with Crippen molar-refractivity contribution in [2.45, 2.75) is 32.6 Å². The monoisotopic (exact) mass is 324 g/mol. The second kappa shape index (κ2) is 7.54. The first kappa shape index (κ1) is 15.9. The summed E-state index contributed by atoms with van der Waals surface area (Å²) >= 11 is 0. The number of carbonyl (C=O) groups excluding carboxylic acids is 1. The summed E-state index contributed by atoms with van der Waals surface area (Å²) in [5, 5.41) is 16.8. The Morgan fingerprint density at radius 3 is 2.79 bits per heavy atom. The van der Waals surface area contributed by atoms with Gasteiger partial charge in [-0.15, -0.1) is 0 Å². The van der Waals surface area contributed by atoms with Crippen molar-refractivity contribution in [3.8, 4) is 22.8 Å². The first-order valence-electron chi connectivity index (χ1n) is 8.09. The first-order valence-corrected chi connectivity index (χ1v) is 8.09. The highest BCUT2D eigenvalue weighted by molar-refractivity contribution is 5.93. The minimum Gasteiger partial charge on any atom is -0.310 e. The maximum Gasteiger partial charge on any atom is 0.225 e. The van der Waals surface area contributed by atoms with Gasteiger partial charge in [0.1, 0.15) is 5.82 Å². The third-order valence-electron chi connectivity index (χ3n) is 3.68. The number of carbonyl (C=O) groups is 1. The van der Waals surface area contributed by atoms with Crippen LogP contribution >= 0.6 is 0 Å². The van der Waals surface area contributed by atoms with Gasteiger partial charge in [0.25, 0.3) is 0 Å². The predicted octanol–water partition coefficient (Wildman–Crippen LogP) is 3.38. The van der Waals surface area contributed by atoms with E-state index in [1.54, 1.807) is 6.20 Å². The van der Waals surface area contributed by atoms with Crippen molar-refractivity contribution in [3.05, 3.63) is 36.5 Å². The van der Waals surface area contributed by atoms with Crippen molar-refractivity contribution in [1.29, 1.82) is 0 Å². The molecule has 0 spiro atoms.